The van der Waals surface area contributed by atoms with E-state index < -0.39 is 17.7 Å². The molecular formula is C21H23F3N4O2+2. The maximum absolute atomic E-state index is 12.8. The van der Waals surface area contributed by atoms with Crippen molar-refractivity contribution in [3.8, 4) is 0 Å². The Morgan fingerprint density at radius 1 is 1.03 bits per heavy atom. The number of aromatic nitrogens is 1. The molecule has 2 saturated heterocycles. The van der Waals surface area contributed by atoms with E-state index in [9.17, 15) is 22.8 Å². The van der Waals surface area contributed by atoms with Crippen molar-refractivity contribution in [1.29, 1.82) is 0 Å². The Bertz CT molecular complexity index is 910. The second-order valence-electron chi connectivity index (χ2n) is 7.68. The van der Waals surface area contributed by atoms with Crippen molar-refractivity contribution in [1.82, 2.24) is 4.90 Å². The predicted molar refractivity (Wildman–Crippen MR) is 101 cm³/mol. The summed E-state index contributed by atoms with van der Waals surface area (Å²) in [6, 6.07) is 11.8. The van der Waals surface area contributed by atoms with Gasteiger partial charge in [0, 0.05) is 12.5 Å². The number of hydrogen-bond acceptors (Lipinski definition) is 3. The van der Waals surface area contributed by atoms with Crippen molar-refractivity contribution >= 4 is 17.6 Å². The lowest BCUT2D eigenvalue weighted by Crippen LogP contribution is -3.16. The molecule has 2 aliphatic heterocycles. The van der Waals surface area contributed by atoms with E-state index >= 15 is 0 Å². The van der Waals surface area contributed by atoms with Crippen molar-refractivity contribution in [2.45, 2.75) is 18.5 Å². The third-order valence-corrected chi connectivity index (χ3v) is 5.76. The summed E-state index contributed by atoms with van der Waals surface area (Å²) in [5.41, 5.74) is 0.144. The smallest absolute Gasteiger partial charge is 0.311 e. The van der Waals surface area contributed by atoms with Crippen molar-refractivity contribution < 1.29 is 32.6 Å². The van der Waals surface area contributed by atoms with E-state index in [1.165, 1.54) is 11.0 Å². The Balaban J connectivity index is 1.34. The lowest BCUT2D eigenvalue weighted by molar-refractivity contribution is -0.908. The molecule has 3 heterocycles. The monoisotopic (exact) mass is 420 g/mol. The highest BCUT2D eigenvalue weighted by molar-refractivity contribution is 6.06. The van der Waals surface area contributed by atoms with E-state index in [1.807, 2.05) is 35.2 Å². The molecule has 1 aromatic carbocycles. The van der Waals surface area contributed by atoms with Crippen LogP contribution in [0, 0.1) is 0 Å². The predicted octanol–water partition coefficient (Wildman–Crippen LogP) is 0.725. The van der Waals surface area contributed by atoms with E-state index in [0.717, 1.165) is 22.7 Å². The molecule has 4 rings (SSSR count). The zero-order valence-corrected chi connectivity index (χ0v) is 16.3. The van der Waals surface area contributed by atoms with Gasteiger partial charge in [0.05, 0.1) is 11.5 Å². The molecule has 0 spiro atoms. The number of carbonyl (C=O) groups excluding carboxylic acids is 2. The molecule has 9 heteroatoms. The number of alkyl halides is 3. The molecule has 1 atom stereocenters. The lowest BCUT2D eigenvalue weighted by Gasteiger charge is -2.30. The molecule has 2 amide bonds. The number of likely N-dealkylation sites (tertiary alicyclic amines) is 1. The number of halogens is 3. The number of nitrogens with zero attached hydrogens (tertiary/aromatic N) is 2. The van der Waals surface area contributed by atoms with Crippen LogP contribution in [0.3, 0.4) is 0 Å². The van der Waals surface area contributed by atoms with Crippen LogP contribution in [0.15, 0.2) is 48.7 Å². The number of anilines is 1. The highest BCUT2D eigenvalue weighted by Crippen LogP contribution is 2.29. The van der Waals surface area contributed by atoms with Gasteiger partial charge in [-0.25, -0.2) is 9.88 Å². The number of H-pyrrole nitrogens is 1. The third kappa shape index (κ3) is 4.16. The van der Waals surface area contributed by atoms with Gasteiger partial charge in [0.2, 0.25) is 11.8 Å². The maximum Gasteiger partial charge on any atom is 0.419 e. The van der Waals surface area contributed by atoms with Gasteiger partial charge in [-0.2, -0.15) is 13.2 Å². The summed E-state index contributed by atoms with van der Waals surface area (Å²) in [6.07, 6.45) is -3.20. The molecule has 1 aromatic heterocycles. The van der Waals surface area contributed by atoms with Crippen LogP contribution in [0.2, 0.25) is 0 Å². The summed E-state index contributed by atoms with van der Waals surface area (Å²) >= 11 is 0. The number of carbonyl (C=O) groups is 2. The highest BCUT2D eigenvalue weighted by atomic mass is 19.4. The number of rotatable bonds is 4. The van der Waals surface area contributed by atoms with Crippen LogP contribution < -0.4 is 14.8 Å². The Labute approximate surface area is 171 Å². The maximum atomic E-state index is 12.8. The van der Waals surface area contributed by atoms with Crippen LogP contribution in [0.5, 0.6) is 0 Å². The summed E-state index contributed by atoms with van der Waals surface area (Å²) in [5, 5.41) is 0. The van der Waals surface area contributed by atoms with E-state index in [2.05, 4.69) is 4.98 Å². The normalized spacial score (nSPS) is 20.8. The Kier molecular flexibility index (Phi) is 5.46. The Morgan fingerprint density at radius 3 is 2.33 bits per heavy atom. The zero-order valence-electron chi connectivity index (χ0n) is 16.3. The molecular weight excluding hydrogens is 397 g/mol. The van der Waals surface area contributed by atoms with Crippen LogP contribution in [0.1, 0.15) is 23.5 Å². The van der Waals surface area contributed by atoms with E-state index in [-0.39, 0.29) is 18.2 Å². The molecule has 2 aromatic rings. The van der Waals surface area contributed by atoms with Gasteiger partial charge in [0.25, 0.3) is 5.82 Å². The molecule has 2 N–H and O–H groups in total. The van der Waals surface area contributed by atoms with Crippen LogP contribution in [-0.2, 0) is 15.8 Å². The van der Waals surface area contributed by atoms with Gasteiger partial charge in [-0.05, 0) is 11.6 Å². The van der Waals surface area contributed by atoms with Crippen LogP contribution in [-0.4, -0.2) is 49.6 Å². The standard InChI is InChI=1S/C21H21F3N4O2/c22-21(23,24)16-6-7-18(25-13-16)27-10-8-26(9-11-27)14-28-19(29)12-17(20(28)30)15-4-2-1-3-5-15/h1-7,13,17H,8-12,14H2/p+2/t17-/m1/s1. The molecule has 158 valence electrons. The van der Waals surface area contributed by atoms with E-state index in [0.29, 0.717) is 38.7 Å². The Morgan fingerprint density at radius 2 is 1.73 bits per heavy atom. The number of quaternary nitrogens is 1. The molecule has 0 radical (unpaired) electrons. The third-order valence-electron chi connectivity index (χ3n) is 5.76. The van der Waals surface area contributed by atoms with E-state index in [4.69, 9.17) is 0 Å². The van der Waals surface area contributed by atoms with E-state index in [1.54, 1.807) is 0 Å². The van der Waals surface area contributed by atoms with Crippen molar-refractivity contribution in [3.05, 3.63) is 59.8 Å². The summed E-state index contributed by atoms with van der Waals surface area (Å²) in [6.45, 7) is 2.93. The van der Waals surface area contributed by atoms with Crippen LogP contribution in [0.25, 0.3) is 0 Å². The quantitative estimate of drug-likeness (QED) is 0.742. The van der Waals surface area contributed by atoms with Gasteiger partial charge in [0.15, 0.2) is 6.67 Å². The molecule has 30 heavy (non-hydrogen) atoms. The summed E-state index contributed by atoms with van der Waals surface area (Å²) in [5.74, 6) is -0.0993. The van der Waals surface area contributed by atoms with Gasteiger partial charge < -0.3 is 4.90 Å². The van der Waals surface area contributed by atoms with Crippen molar-refractivity contribution in [2.24, 2.45) is 0 Å². The minimum absolute atomic E-state index is 0.153. The van der Waals surface area contributed by atoms with Crippen molar-refractivity contribution in [3.63, 3.8) is 0 Å². The summed E-state index contributed by atoms with van der Waals surface area (Å²) in [4.78, 5) is 32.4. The molecule has 0 bridgehead atoms. The second kappa shape index (κ2) is 8.06. The van der Waals surface area contributed by atoms with Gasteiger partial charge in [0.1, 0.15) is 32.4 Å². The molecule has 6 nitrogen and oxygen atoms in total. The zero-order chi connectivity index (χ0) is 21.3. The number of amides is 2. The first-order chi connectivity index (χ1) is 14.3. The average Bonchev–Trinajstić information content (AvgIpc) is 3.03. The Hall–Kier alpha value is -2.94. The fourth-order valence-corrected chi connectivity index (χ4v) is 4.03. The fraction of sp³-hybridized carbons (Fsp3) is 0.381. The van der Waals surface area contributed by atoms with Crippen LogP contribution >= 0.6 is 0 Å². The second-order valence-corrected chi connectivity index (χ2v) is 7.68. The minimum Gasteiger partial charge on any atom is -0.311 e. The molecule has 0 aliphatic carbocycles. The molecule has 0 saturated carbocycles. The first-order valence-corrected chi connectivity index (χ1v) is 9.89. The van der Waals surface area contributed by atoms with Gasteiger partial charge in [-0.15, -0.1) is 0 Å². The average molecular weight is 420 g/mol. The number of aromatic amines is 1. The first-order valence-electron chi connectivity index (χ1n) is 9.89. The first kappa shape index (κ1) is 20.3. The number of benzene rings is 1. The highest BCUT2D eigenvalue weighted by Gasteiger charge is 2.42. The van der Waals surface area contributed by atoms with Gasteiger partial charge in [-0.3, -0.25) is 14.5 Å². The number of piperazine rings is 1. The van der Waals surface area contributed by atoms with Gasteiger partial charge in [-0.1, -0.05) is 30.3 Å². The topological polar surface area (TPSA) is 59.2 Å². The largest absolute Gasteiger partial charge is 0.419 e. The SMILES string of the molecule is O=C1C[C@H](c2ccccc2)C(=O)N1C[NH+]1CCN(c2ccc(C(F)(F)F)c[nH+]2)CC1. The summed E-state index contributed by atoms with van der Waals surface area (Å²) in [7, 11) is 0. The number of nitrogens with one attached hydrogen (secondary N) is 2. The number of hydrogen-bond donors (Lipinski definition) is 1. The fourth-order valence-electron chi connectivity index (χ4n) is 4.03. The van der Waals surface area contributed by atoms with Gasteiger partial charge >= 0.3 is 6.18 Å². The molecule has 2 aliphatic rings. The number of pyridine rings is 1. The summed E-state index contributed by atoms with van der Waals surface area (Å²) < 4.78 is 38.1. The van der Waals surface area contributed by atoms with Crippen molar-refractivity contribution in [2.75, 3.05) is 37.7 Å². The molecule has 0 unspecified atom stereocenters. The lowest BCUT2D eigenvalue weighted by atomic mass is 9.98. The minimum atomic E-state index is -4.37. The number of imide groups is 1. The molecule has 2 fully saturated rings. The van der Waals surface area contributed by atoms with Crippen LogP contribution in [0.4, 0.5) is 19.0 Å².